The Bertz CT molecular complexity index is 348. The fourth-order valence-electron chi connectivity index (χ4n) is 0.788. The SMILES string of the molecule is N#Cc1cc(Cl)ccc1OC(F)F. The van der Waals surface area contributed by atoms with Gasteiger partial charge in [-0.1, -0.05) is 11.6 Å². The summed E-state index contributed by atoms with van der Waals surface area (Å²) >= 11 is 5.54. The highest BCUT2D eigenvalue weighted by Crippen LogP contribution is 2.23. The summed E-state index contributed by atoms with van der Waals surface area (Å²) in [4.78, 5) is 0. The molecule has 1 rings (SSSR count). The van der Waals surface area contributed by atoms with E-state index in [9.17, 15) is 8.78 Å². The summed E-state index contributed by atoms with van der Waals surface area (Å²) in [5.41, 5.74) is -0.00667. The van der Waals surface area contributed by atoms with Crippen molar-refractivity contribution in [1.82, 2.24) is 0 Å². The molecule has 0 aliphatic heterocycles. The predicted molar refractivity (Wildman–Crippen MR) is 42.8 cm³/mol. The number of benzene rings is 1. The quantitative estimate of drug-likeness (QED) is 0.741. The van der Waals surface area contributed by atoms with Crippen LogP contribution in [0.15, 0.2) is 18.2 Å². The maximum atomic E-state index is 11.8. The Labute approximate surface area is 78.3 Å². The minimum absolute atomic E-state index is 0.00667. The van der Waals surface area contributed by atoms with E-state index >= 15 is 0 Å². The molecule has 0 heterocycles. The summed E-state index contributed by atoms with van der Waals surface area (Å²) < 4.78 is 27.6. The fraction of sp³-hybridized carbons (Fsp3) is 0.125. The van der Waals surface area contributed by atoms with Crippen molar-refractivity contribution >= 4 is 11.6 Å². The van der Waals surface area contributed by atoms with Crippen LogP contribution in [0.25, 0.3) is 0 Å². The molecule has 0 spiro atoms. The van der Waals surface area contributed by atoms with Crippen molar-refractivity contribution in [2.75, 3.05) is 0 Å². The van der Waals surface area contributed by atoms with Crippen molar-refractivity contribution < 1.29 is 13.5 Å². The molecule has 68 valence electrons. The Morgan fingerprint density at radius 3 is 2.69 bits per heavy atom. The van der Waals surface area contributed by atoms with E-state index < -0.39 is 6.61 Å². The molecular weight excluding hydrogens is 200 g/mol. The molecule has 0 amide bonds. The van der Waals surface area contributed by atoms with Crippen molar-refractivity contribution in [2.45, 2.75) is 6.61 Å². The van der Waals surface area contributed by atoms with Crippen LogP contribution < -0.4 is 4.74 Å². The van der Waals surface area contributed by atoms with Crippen molar-refractivity contribution in [3.63, 3.8) is 0 Å². The van der Waals surface area contributed by atoms with Gasteiger partial charge in [-0.05, 0) is 18.2 Å². The lowest BCUT2D eigenvalue weighted by Crippen LogP contribution is -2.03. The van der Waals surface area contributed by atoms with Crippen LogP contribution >= 0.6 is 11.6 Å². The first-order valence-corrected chi connectivity index (χ1v) is 3.65. The van der Waals surface area contributed by atoms with Gasteiger partial charge in [0.2, 0.25) is 0 Å². The molecule has 0 saturated heterocycles. The zero-order chi connectivity index (χ0) is 9.84. The summed E-state index contributed by atoms with van der Waals surface area (Å²) in [7, 11) is 0. The maximum Gasteiger partial charge on any atom is 0.387 e. The van der Waals surface area contributed by atoms with Crippen LogP contribution in [0.2, 0.25) is 5.02 Å². The Balaban J connectivity index is 3.01. The largest absolute Gasteiger partial charge is 0.433 e. The van der Waals surface area contributed by atoms with Gasteiger partial charge in [-0.15, -0.1) is 0 Å². The summed E-state index contributed by atoms with van der Waals surface area (Å²) in [6.45, 7) is -2.94. The molecule has 0 atom stereocenters. The van der Waals surface area contributed by atoms with Crippen LogP contribution in [0.5, 0.6) is 5.75 Å². The number of rotatable bonds is 2. The average Bonchev–Trinajstić information content (AvgIpc) is 2.07. The number of alkyl halides is 2. The topological polar surface area (TPSA) is 33.0 Å². The monoisotopic (exact) mass is 203 g/mol. The Hall–Kier alpha value is -1.34. The van der Waals surface area contributed by atoms with Crippen LogP contribution in [-0.4, -0.2) is 6.61 Å². The molecule has 2 nitrogen and oxygen atoms in total. The molecule has 1 aromatic carbocycles. The summed E-state index contributed by atoms with van der Waals surface area (Å²) in [5.74, 6) is -0.165. The second-order valence-electron chi connectivity index (χ2n) is 2.13. The van der Waals surface area contributed by atoms with Gasteiger partial charge in [0, 0.05) is 5.02 Å². The highest BCUT2D eigenvalue weighted by atomic mass is 35.5. The standard InChI is InChI=1S/C8H4ClF2NO/c9-6-1-2-7(13-8(10)11)5(3-6)4-12/h1-3,8H. The maximum absolute atomic E-state index is 11.8. The Morgan fingerprint density at radius 2 is 2.15 bits per heavy atom. The van der Waals surface area contributed by atoms with Gasteiger partial charge in [0.25, 0.3) is 0 Å². The van der Waals surface area contributed by atoms with E-state index in [1.807, 2.05) is 0 Å². The zero-order valence-electron chi connectivity index (χ0n) is 6.30. The van der Waals surface area contributed by atoms with Gasteiger partial charge < -0.3 is 4.74 Å². The van der Waals surface area contributed by atoms with Gasteiger partial charge in [0.05, 0.1) is 5.56 Å². The van der Waals surface area contributed by atoms with E-state index in [2.05, 4.69) is 4.74 Å². The van der Waals surface area contributed by atoms with Crippen LogP contribution in [0.4, 0.5) is 8.78 Å². The third kappa shape index (κ3) is 2.56. The van der Waals surface area contributed by atoms with Gasteiger partial charge in [-0.25, -0.2) is 0 Å². The van der Waals surface area contributed by atoms with Crippen LogP contribution in [0, 0.1) is 11.3 Å². The van der Waals surface area contributed by atoms with Crippen LogP contribution in [0.1, 0.15) is 5.56 Å². The lowest BCUT2D eigenvalue weighted by molar-refractivity contribution is -0.0500. The predicted octanol–water partition coefficient (Wildman–Crippen LogP) is 2.81. The van der Waals surface area contributed by atoms with Crippen molar-refractivity contribution in [3.05, 3.63) is 28.8 Å². The first-order valence-electron chi connectivity index (χ1n) is 3.28. The van der Waals surface area contributed by atoms with Crippen molar-refractivity contribution in [1.29, 1.82) is 5.26 Å². The molecule has 0 N–H and O–H groups in total. The Morgan fingerprint density at radius 1 is 1.46 bits per heavy atom. The van der Waals surface area contributed by atoms with Crippen LogP contribution in [0.3, 0.4) is 0 Å². The lowest BCUT2D eigenvalue weighted by Gasteiger charge is -2.05. The molecule has 0 aromatic heterocycles. The molecule has 0 radical (unpaired) electrons. The number of halogens is 3. The normalized spacial score (nSPS) is 9.77. The van der Waals surface area contributed by atoms with E-state index in [4.69, 9.17) is 16.9 Å². The smallest absolute Gasteiger partial charge is 0.387 e. The number of nitriles is 1. The molecule has 0 saturated carbocycles. The van der Waals surface area contributed by atoms with Gasteiger partial charge in [0.15, 0.2) is 0 Å². The van der Waals surface area contributed by atoms with Gasteiger partial charge in [-0.3, -0.25) is 0 Å². The number of hydrogen-bond donors (Lipinski definition) is 0. The molecule has 0 aliphatic rings. The zero-order valence-corrected chi connectivity index (χ0v) is 7.05. The molecular formula is C8H4ClF2NO. The van der Waals surface area contributed by atoms with E-state index in [0.29, 0.717) is 5.02 Å². The lowest BCUT2D eigenvalue weighted by atomic mass is 10.2. The third-order valence-electron chi connectivity index (χ3n) is 1.28. The number of ether oxygens (including phenoxy) is 1. The molecule has 0 unspecified atom stereocenters. The minimum atomic E-state index is -2.94. The molecule has 0 bridgehead atoms. The summed E-state index contributed by atoms with van der Waals surface area (Å²) in [6.07, 6.45) is 0. The minimum Gasteiger partial charge on any atom is -0.433 e. The summed E-state index contributed by atoms with van der Waals surface area (Å²) in [6, 6.07) is 5.57. The highest BCUT2D eigenvalue weighted by Gasteiger charge is 2.09. The van der Waals surface area contributed by atoms with Crippen LogP contribution in [-0.2, 0) is 0 Å². The molecule has 13 heavy (non-hydrogen) atoms. The molecule has 0 aliphatic carbocycles. The third-order valence-corrected chi connectivity index (χ3v) is 1.51. The van der Waals surface area contributed by atoms with E-state index in [1.54, 1.807) is 6.07 Å². The van der Waals surface area contributed by atoms with Crippen molar-refractivity contribution in [3.8, 4) is 11.8 Å². The van der Waals surface area contributed by atoms with E-state index in [0.717, 1.165) is 0 Å². The second kappa shape index (κ2) is 4.06. The molecule has 5 heteroatoms. The second-order valence-corrected chi connectivity index (χ2v) is 2.57. The Kier molecular flexibility index (Phi) is 3.04. The first-order chi connectivity index (χ1) is 6.13. The van der Waals surface area contributed by atoms with E-state index in [1.165, 1.54) is 18.2 Å². The molecule has 1 aromatic rings. The van der Waals surface area contributed by atoms with Crippen molar-refractivity contribution in [2.24, 2.45) is 0 Å². The van der Waals surface area contributed by atoms with E-state index in [-0.39, 0.29) is 11.3 Å². The first kappa shape index (κ1) is 9.75. The van der Waals surface area contributed by atoms with Gasteiger partial charge in [-0.2, -0.15) is 14.0 Å². The van der Waals surface area contributed by atoms with Gasteiger partial charge >= 0.3 is 6.61 Å². The average molecular weight is 204 g/mol. The summed E-state index contributed by atoms with van der Waals surface area (Å²) in [5, 5.41) is 8.83. The molecule has 0 fully saturated rings. The highest BCUT2D eigenvalue weighted by molar-refractivity contribution is 6.30. The number of hydrogen-bond acceptors (Lipinski definition) is 2. The number of nitrogens with zero attached hydrogens (tertiary/aromatic N) is 1. The van der Waals surface area contributed by atoms with Gasteiger partial charge in [0.1, 0.15) is 11.8 Å². The fourth-order valence-corrected chi connectivity index (χ4v) is 0.960.